The van der Waals surface area contributed by atoms with E-state index in [1.54, 1.807) is 0 Å². The van der Waals surface area contributed by atoms with Crippen LogP contribution in [0.4, 0.5) is 0 Å². The van der Waals surface area contributed by atoms with Gasteiger partial charge in [-0.3, -0.25) is 0 Å². The minimum absolute atomic E-state index is 0.409. The zero-order valence-electron chi connectivity index (χ0n) is 11.5. The Balaban J connectivity index is 2.87. The van der Waals surface area contributed by atoms with E-state index in [2.05, 4.69) is 19.1 Å². The molecule has 1 aromatic rings. The van der Waals surface area contributed by atoms with Gasteiger partial charge in [0.1, 0.15) is 0 Å². The fourth-order valence-electron chi connectivity index (χ4n) is 2.09. The van der Waals surface area contributed by atoms with E-state index in [1.807, 2.05) is 26.0 Å². The molecule has 0 saturated carbocycles. The monoisotopic (exact) mass is 286 g/mol. The van der Waals surface area contributed by atoms with Crippen LogP contribution < -0.4 is 0 Å². The predicted octanol–water partition coefficient (Wildman–Crippen LogP) is 4.06. The van der Waals surface area contributed by atoms with Crippen LogP contribution in [0.2, 0.25) is 5.02 Å². The maximum Gasteiger partial charge on any atom is 0.329 e. The van der Waals surface area contributed by atoms with Crippen molar-refractivity contribution in [2.75, 3.05) is 13.2 Å². The van der Waals surface area contributed by atoms with Crippen molar-refractivity contribution in [1.82, 2.24) is 0 Å². The van der Waals surface area contributed by atoms with Gasteiger partial charge in [-0.1, -0.05) is 37.1 Å². The van der Waals surface area contributed by atoms with Crippen LogP contribution in [0.5, 0.6) is 0 Å². The zero-order valence-corrected chi connectivity index (χ0v) is 13.4. The third-order valence-corrected chi connectivity index (χ3v) is 5.84. The SMILES string of the molecule is CCCC(c1ccc(Cl)cc1)[SiH](OCC)OCC. The summed E-state index contributed by atoms with van der Waals surface area (Å²) in [6, 6.07) is 8.09. The number of hydrogen-bond donors (Lipinski definition) is 0. The Kier molecular flexibility index (Phi) is 7.59. The van der Waals surface area contributed by atoms with E-state index < -0.39 is 9.28 Å². The first-order valence-electron chi connectivity index (χ1n) is 6.71. The lowest BCUT2D eigenvalue weighted by Gasteiger charge is -2.25. The summed E-state index contributed by atoms with van der Waals surface area (Å²) in [5.74, 6) is 0. The molecule has 0 N–H and O–H groups in total. The molecular formula is C14H23ClO2Si. The Morgan fingerprint density at radius 2 is 1.61 bits per heavy atom. The fourth-order valence-corrected chi connectivity index (χ4v) is 4.58. The second kappa shape index (κ2) is 8.70. The smallest absolute Gasteiger partial charge is 0.329 e. The van der Waals surface area contributed by atoms with Gasteiger partial charge in [0, 0.05) is 23.8 Å². The van der Waals surface area contributed by atoms with Crippen molar-refractivity contribution >= 4 is 20.9 Å². The van der Waals surface area contributed by atoms with E-state index in [4.69, 9.17) is 20.5 Å². The summed E-state index contributed by atoms with van der Waals surface area (Å²) in [7, 11) is -1.65. The number of halogens is 1. The van der Waals surface area contributed by atoms with Gasteiger partial charge in [0.05, 0.1) is 0 Å². The van der Waals surface area contributed by atoms with Crippen molar-refractivity contribution in [1.29, 1.82) is 0 Å². The third-order valence-electron chi connectivity index (χ3n) is 2.89. The molecule has 0 spiro atoms. The molecule has 1 rings (SSSR count). The summed E-state index contributed by atoms with van der Waals surface area (Å²) in [6.07, 6.45) is 2.25. The molecule has 1 aromatic carbocycles. The van der Waals surface area contributed by atoms with Crippen LogP contribution in [-0.2, 0) is 8.85 Å². The first-order valence-corrected chi connectivity index (χ1v) is 8.70. The number of benzene rings is 1. The van der Waals surface area contributed by atoms with Crippen LogP contribution in [0.1, 0.15) is 44.7 Å². The molecule has 0 heterocycles. The van der Waals surface area contributed by atoms with Gasteiger partial charge in [-0.15, -0.1) is 0 Å². The molecule has 0 aliphatic carbocycles. The van der Waals surface area contributed by atoms with Crippen molar-refractivity contribution in [3.05, 3.63) is 34.9 Å². The summed E-state index contributed by atoms with van der Waals surface area (Å²) >= 11 is 5.94. The summed E-state index contributed by atoms with van der Waals surface area (Å²) < 4.78 is 11.7. The Bertz CT molecular complexity index is 323. The zero-order chi connectivity index (χ0) is 13.4. The second-order valence-corrected chi connectivity index (χ2v) is 6.87. The Morgan fingerprint density at radius 1 is 1.06 bits per heavy atom. The van der Waals surface area contributed by atoms with Gasteiger partial charge in [0.25, 0.3) is 0 Å². The molecule has 4 heteroatoms. The van der Waals surface area contributed by atoms with E-state index in [0.29, 0.717) is 5.54 Å². The minimum Gasteiger partial charge on any atom is -0.396 e. The summed E-state index contributed by atoms with van der Waals surface area (Å²) in [6.45, 7) is 7.72. The molecule has 0 aromatic heterocycles. The molecule has 2 nitrogen and oxygen atoms in total. The first-order chi connectivity index (χ1) is 8.72. The number of hydrogen-bond acceptors (Lipinski definition) is 2. The van der Waals surface area contributed by atoms with Gasteiger partial charge in [0.15, 0.2) is 0 Å². The quantitative estimate of drug-likeness (QED) is 0.671. The fraction of sp³-hybridized carbons (Fsp3) is 0.571. The van der Waals surface area contributed by atoms with E-state index in [0.717, 1.165) is 31.1 Å². The maximum absolute atomic E-state index is 5.94. The summed E-state index contributed by atoms with van der Waals surface area (Å²) in [4.78, 5) is 0. The minimum atomic E-state index is -1.65. The first kappa shape index (κ1) is 15.7. The van der Waals surface area contributed by atoms with Crippen LogP contribution in [-0.4, -0.2) is 22.5 Å². The molecular weight excluding hydrogens is 264 g/mol. The Morgan fingerprint density at radius 3 is 2.06 bits per heavy atom. The van der Waals surface area contributed by atoms with Gasteiger partial charge >= 0.3 is 9.28 Å². The standard InChI is InChI=1S/C14H23ClO2Si/c1-4-7-14(18(16-5-2)17-6-3)12-8-10-13(15)11-9-12/h8-11,14,18H,4-7H2,1-3H3. The molecule has 1 atom stereocenters. The van der Waals surface area contributed by atoms with Gasteiger partial charge in [-0.05, 0) is 38.0 Å². The van der Waals surface area contributed by atoms with Crippen LogP contribution in [0.15, 0.2) is 24.3 Å². The van der Waals surface area contributed by atoms with Gasteiger partial charge in [-0.25, -0.2) is 0 Å². The molecule has 0 aliphatic heterocycles. The largest absolute Gasteiger partial charge is 0.396 e. The molecule has 1 unspecified atom stereocenters. The van der Waals surface area contributed by atoms with Crippen molar-refractivity contribution in [3.8, 4) is 0 Å². The molecule has 0 radical (unpaired) electrons. The summed E-state index contributed by atoms with van der Waals surface area (Å²) in [5, 5.41) is 0.778. The molecule has 0 bridgehead atoms. The highest BCUT2D eigenvalue weighted by molar-refractivity contribution is 6.46. The van der Waals surface area contributed by atoms with Crippen molar-refractivity contribution in [2.24, 2.45) is 0 Å². The average molecular weight is 287 g/mol. The lowest BCUT2D eigenvalue weighted by Crippen LogP contribution is -2.31. The Hall–Kier alpha value is -0.353. The lowest BCUT2D eigenvalue weighted by atomic mass is 10.1. The normalized spacial score (nSPS) is 12.9. The van der Waals surface area contributed by atoms with Crippen LogP contribution >= 0.6 is 11.6 Å². The molecule has 0 amide bonds. The molecule has 102 valence electrons. The molecule has 18 heavy (non-hydrogen) atoms. The van der Waals surface area contributed by atoms with Gasteiger partial charge in [-0.2, -0.15) is 0 Å². The van der Waals surface area contributed by atoms with Crippen LogP contribution in [0.3, 0.4) is 0 Å². The third kappa shape index (κ3) is 4.73. The van der Waals surface area contributed by atoms with E-state index in [9.17, 15) is 0 Å². The van der Waals surface area contributed by atoms with Crippen LogP contribution in [0.25, 0.3) is 0 Å². The van der Waals surface area contributed by atoms with Gasteiger partial charge < -0.3 is 8.85 Å². The van der Waals surface area contributed by atoms with E-state index in [-0.39, 0.29) is 0 Å². The lowest BCUT2D eigenvalue weighted by molar-refractivity contribution is 0.203. The molecule has 0 aliphatic rings. The number of rotatable bonds is 8. The second-order valence-electron chi connectivity index (χ2n) is 4.23. The van der Waals surface area contributed by atoms with Gasteiger partial charge in [0.2, 0.25) is 0 Å². The van der Waals surface area contributed by atoms with E-state index >= 15 is 0 Å². The topological polar surface area (TPSA) is 18.5 Å². The Labute approximate surface area is 117 Å². The van der Waals surface area contributed by atoms with E-state index in [1.165, 1.54) is 5.56 Å². The van der Waals surface area contributed by atoms with Crippen molar-refractivity contribution in [3.63, 3.8) is 0 Å². The van der Waals surface area contributed by atoms with Crippen LogP contribution in [0, 0.1) is 0 Å². The highest BCUT2D eigenvalue weighted by atomic mass is 35.5. The predicted molar refractivity (Wildman–Crippen MR) is 79.5 cm³/mol. The maximum atomic E-state index is 5.94. The van der Waals surface area contributed by atoms with Crippen molar-refractivity contribution < 1.29 is 8.85 Å². The highest BCUT2D eigenvalue weighted by Crippen LogP contribution is 2.26. The average Bonchev–Trinajstić information content (AvgIpc) is 2.37. The summed E-state index contributed by atoms with van der Waals surface area (Å²) in [5.41, 5.74) is 1.70. The van der Waals surface area contributed by atoms with Crippen molar-refractivity contribution in [2.45, 2.75) is 39.2 Å². The molecule has 0 fully saturated rings. The molecule has 0 saturated heterocycles. The highest BCUT2D eigenvalue weighted by Gasteiger charge is 2.26.